The minimum Gasteiger partial charge on any atom is -0.342 e. The monoisotopic (exact) mass is 350 g/mol. The Morgan fingerprint density at radius 2 is 2.04 bits per heavy atom. The molecule has 1 aromatic heterocycles. The molecule has 1 atom stereocenters. The molecule has 2 aliphatic rings. The number of rotatable bonds is 1. The summed E-state index contributed by atoms with van der Waals surface area (Å²) in [5, 5.41) is 18.9. The van der Waals surface area contributed by atoms with Gasteiger partial charge in [-0.15, -0.1) is 0 Å². The minimum absolute atomic E-state index is 0.000129. The minimum atomic E-state index is -1.01. The summed E-state index contributed by atoms with van der Waals surface area (Å²) in [5.74, 6) is -0.169. The second-order valence-electron chi connectivity index (χ2n) is 8.00. The number of carbonyl (C=O) groups is 1. The van der Waals surface area contributed by atoms with Gasteiger partial charge in [-0.3, -0.25) is 9.89 Å². The molecule has 5 nitrogen and oxygen atoms in total. The predicted molar refractivity (Wildman–Crippen MR) is 94.8 cm³/mol. The van der Waals surface area contributed by atoms with Crippen LogP contribution in [-0.4, -0.2) is 16.0 Å². The van der Waals surface area contributed by atoms with Gasteiger partial charge in [0.1, 0.15) is 0 Å². The van der Waals surface area contributed by atoms with Crippen molar-refractivity contribution in [1.82, 2.24) is 10.2 Å². The normalized spacial score (nSPS) is 23.7. The summed E-state index contributed by atoms with van der Waals surface area (Å²) in [7, 11) is 0. The third kappa shape index (κ3) is 2.20. The second kappa shape index (κ2) is 5.28. The Labute approximate surface area is 150 Å². The number of H-pyrrole nitrogens is 1. The summed E-state index contributed by atoms with van der Waals surface area (Å²) in [6.07, 6.45) is 1.07. The van der Waals surface area contributed by atoms with Gasteiger partial charge in [0.15, 0.2) is 11.6 Å². The fraction of sp³-hybridized carbons (Fsp3) is 0.350. The van der Waals surface area contributed by atoms with E-state index < -0.39 is 11.4 Å². The molecule has 0 spiro atoms. The lowest BCUT2D eigenvalue weighted by molar-refractivity contribution is -0.118. The van der Waals surface area contributed by atoms with Gasteiger partial charge in [-0.2, -0.15) is 14.8 Å². The molecule has 2 aromatic rings. The van der Waals surface area contributed by atoms with Gasteiger partial charge in [-0.05, 0) is 36.5 Å². The van der Waals surface area contributed by atoms with Crippen LogP contribution < -0.4 is 5.32 Å². The van der Waals surface area contributed by atoms with Crippen molar-refractivity contribution >= 4 is 11.6 Å². The van der Waals surface area contributed by atoms with Crippen LogP contribution in [0.25, 0.3) is 0 Å². The number of nitrogens with zero attached hydrogens (tertiary/aromatic N) is 2. The van der Waals surface area contributed by atoms with Gasteiger partial charge in [-0.1, -0.05) is 26.0 Å². The lowest BCUT2D eigenvalue weighted by Crippen LogP contribution is -2.42. The van der Waals surface area contributed by atoms with E-state index in [4.69, 9.17) is 0 Å². The molecule has 0 saturated heterocycles. The predicted octanol–water partition coefficient (Wildman–Crippen LogP) is 3.80. The Balaban J connectivity index is 2.03. The quantitative estimate of drug-likeness (QED) is 0.820. The number of aromatic nitrogens is 2. The lowest BCUT2D eigenvalue weighted by atomic mass is 9.62. The van der Waals surface area contributed by atoms with E-state index >= 15 is 0 Å². The average molecular weight is 350 g/mol. The van der Waals surface area contributed by atoms with Gasteiger partial charge in [-0.25, -0.2) is 0 Å². The van der Waals surface area contributed by atoms with Crippen molar-refractivity contribution in [2.45, 2.75) is 39.0 Å². The van der Waals surface area contributed by atoms with E-state index in [1.54, 1.807) is 18.2 Å². The van der Waals surface area contributed by atoms with E-state index in [1.807, 2.05) is 26.8 Å². The second-order valence-corrected chi connectivity index (χ2v) is 8.00. The van der Waals surface area contributed by atoms with E-state index in [0.29, 0.717) is 40.9 Å². The molecule has 0 bridgehead atoms. The SMILES string of the molecule is CC1(C)CC(=O)C2=C(C1)Nc1n[nH]c(F)c1[C@]2(C)c1cccc(C#N)c1. The molecule has 0 amide bonds. The van der Waals surface area contributed by atoms with Gasteiger partial charge in [0.25, 0.3) is 0 Å². The van der Waals surface area contributed by atoms with Gasteiger partial charge < -0.3 is 5.32 Å². The van der Waals surface area contributed by atoms with Crippen molar-refractivity contribution in [3.63, 3.8) is 0 Å². The molecule has 6 heteroatoms. The summed E-state index contributed by atoms with van der Waals surface area (Å²) in [4.78, 5) is 13.1. The number of nitriles is 1. The van der Waals surface area contributed by atoms with Crippen LogP contribution in [-0.2, 0) is 10.2 Å². The van der Waals surface area contributed by atoms with Gasteiger partial charge in [0, 0.05) is 17.7 Å². The first-order valence-corrected chi connectivity index (χ1v) is 8.55. The number of carbonyl (C=O) groups excluding carboxylic acids is 1. The van der Waals surface area contributed by atoms with Crippen molar-refractivity contribution < 1.29 is 9.18 Å². The van der Waals surface area contributed by atoms with E-state index in [-0.39, 0.29) is 11.2 Å². The molecule has 0 saturated carbocycles. The fourth-order valence-corrected chi connectivity index (χ4v) is 4.33. The van der Waals surface area contributed by atoms with Crippen molar-refractivity contribution in [2.75, 3.05) is 5.32 Å². The van der Waals surface area contributed by atoms with Crippen LogP contribution in [0.15, 0.2) is 35.5 Å². The Morgan fingerprint density at radius 3 is 2.77 bits per heavy atom. The topological polar surface area (TPSA) is 81.6 Å². The van der Waals surface area contributed by atoms with Crippen molar-refractivity contribution in [2.24, 2.45) is 5.41 Å². The molecule has 26 heavy (non-hydrogen) atoms. The number of anilines is 1. The Bertz CT molecular complexity index is 1010. The molecular weight excluding hydrogens is 331 g/mol. The Kier molecular flexibility index (Phi) is 3.35. The van der Waals surface area contributed by atoms with Gasteiger partial charge in [0.2, 0.25) is 5.95 Å². The average Bonchev–Trinajstić information content (AvgIpc) is 2.94. The highest BCUT2D eigenvalue weighted by Gasteiger charge is 2.50. The fourth-order valence-electron chi connectivity index (χ4n) is 4.33. The third-order valence-electron chi connectivity index (χ3n) is 5.44. The molecule has 2 N–H and O–H groups in total. The van der Waals surface area contributed by atoms with Crippen LogP contribution in [0.3, 0.4) is 0 Å². The zero-order valence-electron chi connectivity index (χ0n) is 14.9. The maximum Gasteiger partial charge on any atom is 0.215 e. The standard InChI is InChI=1S/C20H19FN4O/c1-19(2)8-13-15(14(26)9-19)20(3,12-6-4-5-11(7-12)10-22)16-17(21)24-25-18(16)23-13/h4-7H,8-9H2,1-3H3,(H2,23,24,25)/t20-/m1/s1. The number of fused-ring (bicyclic) bond motifs is 1. The highest BCUT2D eigenvalue weighted by Crippen LogP contribution is 2.52. The van der Waals surface area contributed by atoms with Crippen LogP contribution in [0, 0.1) is 22.7 Å². The maximum absolute atomic E-state index is 14.7. The summed E-state index contributed by atoms with van der Waals surface area (Å²) < 4.78 is 14.7. The molecule has 132 valence electrons. The number of allylic oxidation sites excluding steroid dienone is 2. The zero-order chi connectivity index (χ0) is 18.7. The van der Waals surface area contributed by atoms with Crippen molar-refractivity contribution in [3.05, 3.63) is 58.2 Å². The molecule has 1 aliphatic heterocycles. The van der Waals surface area contributed by atoms with E-state index in [2.05, 4.69) is 21.6 Å². The van der Waals surface area contributed by atoms with E-state index in [9.17, 15) is 14.4 Å². The molecule has 0 radical (unpaired) electrons. The maximum atomic E-state index is 14.7. The number of halogens is 1. The van der Waals surface area contributed by atoms with Crippen LogP contribution >= 0.6 is 0 Å². The first kappa shape index (κ1) is 16.5. The number of hydrogen-bond acceptors (Lipinski definition) is 4. The zero-order valence-corrected chi connectivity index (χ0v) is 14.9. The Morgan fingerprint density at radius 1 is 1.27 bits per heavy atom. The number of ketones is 1. The highest BCUT2D eigenvalue weighted by atomic mass is 19.1. The number of hydrogen-bond donors (Lipinski definition) is 2. The summed E-state index contributed by atoms with van der Waals surface area (Å²) in [5.41, 5.74) is 1.67. The molecular formula is C20H19FN4O. The van der Waals surface area contributed by atoms with Gasteiger partial charge in [0.05, 0.1) is 22.6 Å². The molecule has 0 fully saturated rings. The lowest BCUT2D eigenvalue weighted by Gasteiger charge is -2.43. The van der Waals surface area contributed by atoms with E-state index in [1.165, 1.54) is 0 Å². The smallest absolute Gasteiger partial charge is 0.215 e. The molecule has 1 aromatic carbocycles. The number of aromatic amines is 1. The molecule has 2 heterocycles. The molecule has 1 aliphatic carbocycles. The summed E-state index contributed by atoms with van der Waals surface area (Å²) >= 11 is 0. The molecule has 4 rings (SSSR count). The Hall–Kier alpha value is -2.94. The number of nitrogens with one attached hydrogen (secondary N) is 2. The summed E-state index contributed by atoms with van der Waals surface area (Å²) in [6.45, 7) is 5.93. The van der Waals surface area contributed by atoms with E-state index in [0.717, 1.165) is 5.70 Å². The third-order valence-corrected chi connectivity index (χ3v) is 5.44. The largest absolute Gasteiger partial charge is 0.342 e. The summed E-state index contributed by atoms with van der Waals surface area (Å²) in [6, 6.07) is 9.13. The van der Waals surface area contributed by atoms with Crippen LogP contribution in [0.2, 0.25) is 0 Å². The number of benzene rings is 1. The first-order valence-electron chi connectivity index (χ1n) is 8.55. The molecule has 0 unspecified atom stereocenters. The number of Topliss-reactive ketones (excluding diaryl/α,β-unsaturated/α-hetero) is 1. The van der Waals surface area contributed by atoms with Crippen LogP contribution in [0.5, 0.6) is 0 Å². The van der Waals surface area contributed by atoms with Crippen LogP contribution in [0.4, 0.5) is 10.2 Å². The van der Waals surface area contributed by atoms with Gasteiger partial charge >= 0.3 is 0 Å². The van der Waals surface area contributed by atoms with Crippen molar-refractivity contribution in [1.29, 1.82) is 5.26 Å². The first-order chi connectivity index (χ1) is 12.3. The van der Waals surface area contributed by atoms with Crippen LogP contribution in [0.1, 0.15) is 50.3 Å². The van der Waals surface area contributed by atoms with Crippen molar-refractivity contribution in [3.8, 4) is 6.07 Å². The highest BCUT2D eigenvalue weighted by molar-refractivity contribution is 6.02.